The van der Waals surface area contributed by atoms with Crippen LogP contribution < -0.4 is 5.32 Å². The minimum absolute atomic E-state index is 0.00352. The van der Waals surface area contributed by atoms with Crippen LogP contribution in [0.4, 0.5) is 4.79 Å². The zero-order valence-corrected chi connectivity index (χ0v) is 19.0. The van der Waals surface area contributed by atoms with Gasteiger partial charge in [-0.1, -0.05) is 64.3 Å². The topological polar surface area (TPSA) is 69.7 Å². The van der Waals surface area contributed by atoms with Crippen molar-refractivity contribution >= 4 is 17.8 Å². The number of amides is 4. The highest BCUT2D eigenvalue weighted by atomic mass is 16.2. The van der Waals surface area contributed by atoms with E-state index in [0.29, 0.717) is 6.54 Å². The summed E-state index contributed by atoms with van der Waals surface area (Å²) < 4.78 is 0. The molecule has 1 unspecified atom stereocenters. The molecule has 1 saturated heterocycles. The molecule has 0 radical (unpaired) electrons. The number of rotatable bonds is 5. The van der Waals surface area contributed by atoms with Crippen molar-refractivity contribution in [2.24, 2.45) is 0 Å². The number of nitrogens with one attached hydrogen (secondary N) is 1. The van der Waals surface area contributed by atoms with Crippen molar-refractivity contribution in [2.75, 3.05) is 13.1 Å². The minimum Gasteiger partial charge on any atom is -0.338 e. The molecule has 2 fully saturated rings. The molecule has 4 amide bonds. The van der Waals surface area contributed by atoms with Crippen molar-refractivity contribution in [3.8, 4) is 0 Å². The van der Waals surface area contributed by atoms with Gasteiger partial charge < -0.3 is 10.2 Å². The van der Waals surface area contributed by atoms with E-state index in [1.54, 1.807) is 6.92 Å². The molecule has 1 aromatic carbocycles. The maximum atomic E-state index is 13.2. The van der Waals surface area contributed by atoms with Crippen molar-refractivity contribution in [3.05, 3.63) is 35.4 Å². The number of carbonyl (C=O) groups excluding carboxylic acids is 3. The SMILES string of the molecule is CCN(C(=O)CN1C(=O)NC(C)(c2ccc(C(C)(C)C)cc2)C1=O)C1CCCCC1. The predicted molar refractivity (Wildman–Crippen MR) is 117 cm³/mol. The molecule has 1 N–H and O–H groups in total. The van der Waals surface area contributed by atoms with E-state index in [0.717, 1.165) is 41.7 Å². The first kappa shape index (κ1) is 22.3. The summed E-state index contributed by atoms with van der Waals surface area (Å²) in [5, 5.41) is 2.81. The average Bonchev–Trinajstić information content (AvgIpc) is 2.93. The fourth-order valence-electron chi connectivity index (χ4n) is 4.60. The second kappa shape index (κ2) is 8.40. The van der Waals surface area contributed by atoms with Gasteiger partial charge in [0.15, 0.2) is 0 Å². The van der Waals surface area contributed by atoms with Crippen LogP contribution >= 0.6 is 0 Å². The lowest BCUT2D eigenvalue weighted by Crippen LogP contribution is -2.48. The highest BCUT2D eigenvalue weighted by Gasteiger charge is 2.49. The molecule has 30 heavy (non-hydrogen) atoms. The van der Waals surface area contributed by atoms with Crippen molar-refractivity contribution in [3.63, 3.8) is 0 Å². The lowest BCUT2D eigenvalue weighted by Gasteiger charge is -2.34. The monoisotopic (exact) mass is 413 g/mol. The lowest BCUT2D eigenvalue weighted by atomic mass is 9.84. The van der Waals surface area contributed by atoms with Crippen LogP contribution in [0.5, 0.6) is 0 Å². The molecule has 0 bridgehead atoms. The zero-order chi connectivity index (χ0) is 22.1. The molecule has 1 atom stereocenters. The Morgan fingerprint density at radius 3 is 2.27 bits per heavy atom. The molecule has 3 rings (SSSR count). The third kappa shape index (κ3) is 4.23. The fraction of sp³-hybridized carbons (Fsp3) is 0.625. The number of carbonyl (C=O) groups is 3. The van der Waals surface area contributed by atoms with Crippen LogP contribution in [0.2, 0.25) is 0 Å². The molecule has 1 aliphatic carbocycles. The standard InChI is InChI=1S/C24H35N3O3/c1-6-26(19-10-8-7-9-11-19)20(28)16-27-21(29)24(5,25-22(27)30)18-14-12-17(13-15-18)23(2,3)4/h12-15,19H,6-11,16H2,1-5H3,(H,25,30). The Morgan fingerprint density at radius 1 is 1.13 bits per heavy atom. The molecule has 1 aromatic rings. The first-order valence-corrected chi connectivity index (χ1v) is 11.1. The number of urea groups is 1. The molecule has 1 heterocycles. The third-order valence-electron chi connectivity index (χ3n) is 6.57. The zero-order valence-electron chi connectivity index (χ0n) is 19.0. The van der Waals surface area contributed by atoms with Gasteiger partial charge in [-0.05, 0) is 43.2 Å². The van der Waals surface area contributed by atoms with E-state index in [-0.39, 0.29) is 29.8 Å². The molecular formula is C24H35N3O3. The number of hydrogen-bond donors (Lipinski definition) is 1. The van der Waals surface area contributed by atoms with E-state index in [9.17, 15) is 14.4 Å². The first-order chi connectivity index (χ1) is 14.1. The van der Waals surface area contributed by atoms with Crippen LogP contribution in [0, 0.1) is 0 Å². The van der Waals surface area contributed by atoms with Crippen molar-refractivity contribution in [1.29, 1.82) is 0 Å². The number of hydrogen-bond acceptors (Lipinski definition) is 3. The van der Waals surface area contributed by atoms with Gasteiger partial charge in [0.05, 0.1) is 0 Å². The number of likely N-dealkylation sites (N-methyl/N-ethyl adjacent to an activating group) is 1. The van der Waals surface area contributed by atoms with Gasteiger partial charge in [0.2, 0.25) is 5.91 Å². The largest absolute Gasteiger partial charge is 0.338 e. The van der Waals surface area contributed by atoms with Crippen molar-refractivity contribution in [1.82, 2.24) is 15.1 Å². The fourth-order valence-corrected chi connectivity index (χ4v) is 4.60. The molecule has 2 aliphatic rings. The molecule has 0 aromatic heterocycles. The normalized spacial score (nSPS) is 22.9. The molecule has 6 heteroatoms. The van der Waals surface area contributed by atoms with Crippen molar-refractivity contribution < 1.29 is 14.4 Å². The van der Waals surface area contributed by atoms with Crippen LogP contribution in [0.15, 0.2) is 24.3 Å². The summed E-state index contributed by atoms with van der Waals surface area (Å²) in [5.41, 5.74) is 0.729. The van der Waals surface area contributed by atoms with E-state index >= 15 is 0 Å². The van der Waals surface area contributed by atoms with E-state index in [1.165, 1.54) is 6.42 Å². The van der Waals surface area contributed by atoms with Gasteiger partial charge in [-0.3, -0.25) is 14.5 Å². The highest BCUT2D eigenvalue weighted by Crippen LogP contribution is 2.31. The Bertz CT molecular complexity index is 806. The highest BCUT2D eigenvalue weighted by molar-refractivity contribution is 6.09. The molecular weight excluding hydrogens is 378 g/mol. The quantitative estimate of drug-likeness (QED) is 0.744. The van der Waals surface area contributed by atoms with Gasteiger partial charge in [-0.15, -0.1) is 0 Å². The Morgan fingerprint density at radius 2 is 1.73 bits per heavy atom. The van der Waals surface area contributed by atoms with Crippen LogP contribution in [-0.2, 0) is 20.5 Å². The van der Waals surface area contributed by atoms with Crippen LogP contribution in [0.25, 0.3) is 0 Å². The number of benzene rings is 1. The Kier molecular flexibility index (Phi) is 6.25. The van der Waals surface area contributed by atoms with E-state index < -0.39 is 11.6 Å². The molecule has 1 saturated carbocycles. The van der Waals surface area contributed by atoms with Crippen LogP contribution in [0.1, 0.15) is 77.8 Å². The lowest BCUT2D eigenvalue weighted by molar-refractivity contribution is -0.140. The van der Waals surface area contributed by atoms with Gasteiger partial charge in [0, 0.05) is 12.6 Å². The van der Waals surface area contributed by atoms with Gasteiger partial charge in [0.1, 0.15) is 12.1 Å². The summed E-state index contributed by atoms with van der Waals surface area (Å²) in [6.07, 6.45) is 5.46. The summed E-state index contributed by atoms with van der Waals surface area (Å²) in [7, 11) is 0. The summed E-state index contributed by atoms with van der Waals surface area (Å²) in [6.45, 7) is 10.5. The first-order valence-electron chi connectivity index (χ1n) is 11.1. The second-order valence-corrected chi connectivity index (χ2v) is 9.75. The summed E-state index contributed by atoms with van der Waals surface area (Å²) in [5.74, 6) is -0.524. The summed E-state index contributed by atoms with van der Waals surface area (Å²) in [4.78, 5) is 41.8. The van der Waals surface area contributed by atoms with Crippen LogP contribution in [-0.4, -0.2) is 46.8 Å². The number of imide groups is 1. The number of nitrogens with zero attached hydrogens (tertiary/aromatic N) is 2. The third-order valence-corrected chi connectivity index (χ3v) is 6.57. The summed E-state index contributed by atoms with van der Waals surface area (Å²) >= 11 is 0. The Balaban J connectivity index is 1.75. The van der Waals surface area contributed by atoms with E-state index in [4.69, 9.17) is 0 Å². The summed E-state index contributed by atoms with van der Waals surface area (Å²) in [6, 6.07) is 7.49. The Hall–Kier alpha value is -2.37. The smallest absolute Gasteiger partial charge is 0.325 e. The van der Waals surface area contributed by atoms with Gasteiger partial charge >= 0.3 is 6.03 Å². The van der Waals surface area contributed by atoms with Gasteiger partial charge in [-0.25, -0.2) is 4.79 Å². The maximum absolute atomic E-state index is 13.2. The molecule has 0 spiro atoms. The second-order valence-electron chi connectivity index (χ2n) is 9.75. The molecule has 1 aliphatic heterocycles. The van der Waals surface area contributed by atoms with Crippen LogP contribution in [0.3, 0.4) is 0 Å². The van der Waals surface area contributed by atoms with E-state index in [1.807, 2.05) is 36.1 Å². The maximum Gasteiger partial charge on any atom is 0.325 e. The van der Waals surface area contributed by atoms with E-state index in [2.05, 4.69) is 26.1 Å². The molecule has 6 nitrogen and oxygen atoms in total. The van der Waals surface area contributed by atoms with Gasteiger partial charge in [0.25, 0.3) is 5.91 Å². The molecule has 164 valence electrons. The Labute approximate surface area is 180 Å². The predicted octanol–water partition coefficient (Wildman–Crippen LogP) is 3.93. The average molecular weight is 414 g/mol. The van der Waals surface area contributed by atoms with Gasteiger partial charge in [-0.2, -0.15) is 0 Å². The minimum atomic E-state index is -1.16. The van der Waals surface area contributed by atoms with Crippen molar-refractivity contribution in [2.45, 2.75) is 83.7 Å².